The quantitative estimate of drug-likeness (QED) is 0.0268. The van der Waals surface area contributed by atoms with E-state index in [0.29, 0.717) is 47.6 Å². The summed E-state index contributed by atoms with van der Waals surface area (Å²) in [5, 5.41) is 0. The van der Waals surface area contributed by atoms with Gasteiger partial charge < -0.3 is 23.1 Å². The van der Waals surface area contributed by atoms with E-state index in [1.165, 1.54) is 191 Å². The molecule has 71 heavy (non-hydrogen) atoms. The van der Waals surface area contributed by atoms with Gasteiger partial charge in [-0.05, 0) is 172 Å². The van der Waals surface area contributed by atoms with Crippen molar-refractivity contribution in [2.45, 2.75) is 294 Å². The first kappa shape index (κ1) is 62.3. The zero-order valence-electron chi connectivity index (χ0n) is 47.8. The highest BCUT2D eigenvalue weighted by Gasteiger charge is 2.51. The Labute approximate surface area is 440 Å². The Kier molecular flexibility index (Phi) is 30.2. The van der Waals surface area contributed by atoms with Crippen molar-refractivity contribution in [1.29, 1.82) is 0 Å². The Morgan fingerprint density at radius 1 is 0.408 bits per heavy atom. The largest absolute Gasteiger partial charge is 0.463 e. The molecule has 0 amide bonds. The van der Waals surface area contributed by atoms with E-state index in [-0.39, 0.29) is 11.9 Å². The minimum absolute atomic E-state index is 0.300. The number of hydrogen-bond donors (Lipinski definition) is 0. The van der Waals surface area contributed by atoms with Gasteiger partial charge in [-0.15, -0.1) is 0 Å². The van der Waals surface area contributed by atoms with Crippen molar-refractivity contribution < 1.29 is 32.7 Å². The highest BCUT2D eigenvalue weighted by molar-refractivity contribution is 6.89. The predicted octanol–water partition coefficient (Wildman–Crippen LogP) is 18.2. The molecule has 9 heteroatoms. The topological polar surface area (TPSA) is 80.3 Å². The van der Waals surface area contributed by atoms with E-state index in [1.54, 1.807) is 0 Å². The summed E-state index contributed by atoms with van der Waals surface area (Å²) >= 11 is 0. The van der Waals surface area contributed by atoms with Crippen LogP contribution in [-0.4, -0.2) is 67.2 Å². The number of esters is 2. The molecule has 0 aliphatic heterocycles. The third-order valence-corrected chi connectivity index (χ3v) is 32.4. The van der Waals surface area contributed by atoms with Gasteiger partial charge in [0.2, 0.25) is 0 Å². The number of carbonyl (C=O) groups excluding carboxylic acids is 2. The van der Waals surface area contributed by atoms with Crippen molar-refractivity contribution in [3.63, 3.8) is 0 Å². The lowest BCUT2D eigenvalue weighted by molar-refractivity contribution is -0.138. The van der Waals surface area contributed by atoms with Crippen molar-refractivity contribution in [2.75, 3.05) is 26.4 Å². The molecule has 0 radical (unpaired) electrons. The normalized spacial score (nSPS) is 25.7. The van der Waals surface area contributed by atoms with Crippen LogP contribution in [0.2, 0.25) is 34.3 Å². The second-order valence-corrected chi connectivity index (χ2v) is 35.3. The average Bonchev–Trinajstić information content (AvgIpc) is 3.37. The van der Waals surface area contributed by atoms with Gasteiger partial charge >= 0.3 is 11.9 Å². The van der Waals surface area contributed by atoms with Crippen LogP contribution in [-0.2, 0) is 32.7 Å². The molecule has 4 aliphatic rings. The summed E-state index contributed by atoms with van der Waals surface area (Å²) in [6.07, 6.45) is 42.5. The van der Waals surface area contributed by atoms with Gasteiger partial charge in [0.05, 0.1) is 25.4 Å². The lowest BCUT2D eigenvalue weighted by Crippen LogP contribution is -2.58. The van der Waals surface area contributed by atoms with Crippen LogP contribution in [0.25, 0.3) is 0 Å². The van der Waals surface area contributed by atoms with Crippen molar-refractivity contribution in [2.24, 2.45) is 35.5 Å². The molecule has 0 unspecified atom stereocenters. The lowest BCUT2D eigenvalue weighted by atomic mass is 9.70. The molecule has 4 aliphatic carbocycles. The molecule has 7 nitrogen and oxygen atoms in total. The number of rotatable bonds is 36. The zero-order valence-corrected chi connectivity index (χ0v) is 49.8. The molecule has 0 aromatic heterocycles. The summed E-state index contributed by atoms with van der Waals surface area (Å²) in [5.74, 6) is 4.97. The van der Waals surface area contributed by atoms with E-state index >= 15 is 0 Å². The summed E-state index contributed by atoms with van der Waals surface area (Å²) in [4.78, 5) is 22.4. The summed E-state index contributed by atoms with van der Waals surface area (Å²) < 4.78 is 31.6. The van der Waals surface area contributed by atoms with Gasteiger partial charge in [0.25, 0.3) is 0 Å². The fourth-order valence-corrected chi connectivity index (χ4v) is 28.5. The highest BCUT2D eigenvalue weighted by atomic mass is 28.4. The first-order valence-electron chi connectivity index (χ1n) is 30.7. The molecule has 0 heterocycles. The van der Waals surface area contributed by atoms with E-state index in [9.17, 15) is 9.59 Å². The molecule has 4 rings (SSSR count). The van der Waals surface area contributed by atoms with E-state index in [1.807, 2.05) is 0 Å². The lowest BCUT2D eigenvalue weighted by Gasteiger charge is -2.50. The summed E-state index contributed by atoms with van der Waals surface area (Å²) in [5.41, 5.74) is 2.46. The molecule has 0 spiro atoms. The van der Waals surface area contributed by atoms with Crippen molar-refractivity contribution in [1.82, 2.24) is 0 Å². The maximum absolute atomic E-state index is 11.2. The third-order valence-electron chi connectivity index (χ3n) is 19.3. The number of unbranched alkanes of at least 4 members (excludes halogenated alkanes) is 8. The maximum Gasteiger partial charge on any atom is 0.330 e. The minimum atomic E-state index is -2.05. The molecular weight excluding hydrogens is 913 g/mol. The summed E-state index contributed by atoms with van der Waals surface area (Å²) in [7, 11) is -4.10. The fourth-order valence-electron chi connectivity index (χ4n) is 14.5. The molecule has 0 bridgehead atoms. The molecule has 0 saturated heterocycles. The monoisotopic (exact) mass is 1030 g/mol. The van der Waals surface area contributed by atoms with Gasteiger partial charge in [0.1, 0.15) is 0 Å². The average molecular weight is 1030 g/mol. The molecule has 412 valence electrons. The standard InChI is InChI=1S/C62H114O7Si2/c1-11-61(63)67-45-19-15-13-17-25-53-27-31-55(32-28-53)57-35-39-59(40-36-57)65-43-21-23-47-70(49(3)4,50(5)6)69-71(51(7)8,52(9)10)48-24-22-44-66-60-41-37-58(38-42-60)56-33-29-54(30-34-56)26-18-14-16-20-46-68-62(64)12-2/h11-12,49-60H,1-2,13-48H2,3-10H3. The van der Waals surface area contributed by atoms with Crippen LogP contribution >= 0.6 is 0 Å². The Hall–Kier alpha value is -1.27. The van der Waals surface area contributed by atoms with Crippen molar-refractivity contribution in [3.8, 4) is 0 Å². The highest BCUT2D eigenvalue weighted by Crippen LogP contribution is 2.48. The first-order valence-corrected chi connectivity index (χ1v) is 35.3. The van der Waals surface area contributed by atoms with Gasteiger partial charge in [-0.3, -0.25) is 0 Å². The number of hydrogen-bond acceptors (Lipinski definition) is 7. The Balaban J connectivity index is 1.09. The predicted molar refractivity (Wildman–Crippen MR) is 304 cm³/mol. The van der Waals surface area contributed by atoms with Crippen LogP contribution in [0.1, 0.15) is 248 Å². The van der Waals surface area contributed by atoms with Crippen molar-refractivity contribution in [3.05, 3.63) is 25.3 Å². The SMILES string of the molecule is C=CC(=O)OCCCCCCC1CCC(C2CCC(OCCCC[Si](O[Si](CCCCOC3CCC(C4CCC(CCCCCCOC(=O)C=C)CC4)CC3)(C(C)C)C(C)C)(C(C)C)C(C)C)CC2)CC1. The van der Waals surface area contributed by atoms with E-state index < -0.39 is 16.6 Å². The van der Waals surface area contributed by atoms with Gasteiger partial charge in [0.15, 0.2) is 16.6 Å². The van der Waals surface area contributed by atoms with E-state index in [2.05, 4.69) is 68.5 Å². The number of ether oxygens (including phenoxy) is 4. The molecule has 0 aromatic carbocycles. The van der Waals surface area contributed by atoms with Crippen LogP contribution in [0.3, 0.4) is 0 Å². The second kappa shape index (κ2) is 34.4. The van der Waals surface area contributed by atoms with Crippen molar-refractivity contribution >= 4 is 28.6 Å². The molecular formula is C62H114O7Si2. The zero-order chi connectivity index (χ0) is 51.5. The molecule has 0 N–H and O–H groups in total. The van der Waals surface area contributed by atoms with E-state index in [0.717, 1.165) is 74.4 Å². The molecule has 4 saturated carbocycles. The smallest absolute Gasteiger partial charge is 0.330 e. The molecule has 0 atom stereocenters. The second-order valence-electron chi connectivity index (χ2n) is 25.1. The fraction of sp³-hybridized carbons (Fsp3) is 0.903. The van der Waals surface area contributed by atoms with Crippen LogP contribution < -0.4 is 0 Å². The molecule has 0 aromatic rings. The maximum atomic E-state index is 11.2. The first-order chi connectivity index (χ1) is 34.2. The Morgan fingerprint density at radius 2 is 0.704 bits per heavy atom. The van der Waals surface area contributed by atoms with Crippen LogP contribution in [0.15, 0.2) is 25.3 Å². The minimum Gasteiger partial charge on any atom is -0.463 e. The van der Waals surface area contributed by atoms with Crippen LogP contribution in [0.4, 0.5) is 0 Å². The summed E-state index contributed by atoms with van der Waals surface area (Å²) in [6.45, 7) is 29.8. The van der Waals surface area contributed by atoms with Gasteiger partial charge in [-0.25, -0.2) is 9.59 Å². The Morgan fingerprint density at radius 3 is 1.01 bits per heavy atom. The number of carbonyl (C=O) groups is 2. The van der Waals surface area contributed by atoms with Gasteiger partial charge in [-0.1, -0.05) is 158 Å². The van der Waals surface area contributed by atoms with Gasteiger partial charge in [0, 0.05) is 25.4 Å². The van der Waals surface area contributed by atoms with Crippen LogP contribution in [0, 0.1) is 35.5 Å². The van der Waals surface area contributed by atoms with E-state index in [4.69, 9.17) is 23.1 Å². The third kappa shape index (κ3) is 21.7. The van der Waals surface area contributed by atoms with Crippen LogP contribution in [0.5, 0.6) is 0 Å². The molecule has 4 fully saturated rings. The summed E-state index contributed by atoms with van der Waals surface area (Å²) in [6, 6.07) is 2.55. The van der Waals surface area contributed by atoms with Gasteiger partial charge in [-0.2, -0.15) is 0 Å². The Bertz CT molecular complexity index is 1310.